The van der Waals surface area contributed by atoms with Crippen LogP contribution in [0, 0.1) is 11.8 Å². The van der Waals surface area contributed by atoms with Crippen LogP contribution in [0.4, 0.5) is 5.69 Å². The zero-order chi connectivity index (χ0) is 22.4. The number of carbonyl (C=O) groups excluding carboxylic acids is 1. The number of hydrogen-bond acceptors (Lipinski definition) is 4. The summed E-state index contributed by atoms with van der Waals surface area (Å²) in [5, 5.41) is 2.97. The molecule has 3 rings (SSSR count). The number of piperidine rings is 1. The van der Waals surface area contributed by atoms with E-state index < -0.39 is 10.0 Å². The van der Waals surface area contributed by atoms with Crippen LogP contribution in [0.5, 0.6) is 0 Å². The molecule has 0 saturated carbocycles. The number of rotatable bonds is 8. The van der Waals surface area contributed by atoms with Crippen LogP contribution in [0.3, 0.4) is 0 Å². The van der Waals surface area contributed by atoms with Crippen LogP contribution in [0.1, 0.15) is 37.0 Å². The Balaban J connectivity index is 1.51. The summed E-state index contributed by atoms with van der Waals surface area (Å²) < 4.78 is 26.7. The second kappa shape index (κ2) is 10.3. The van der Waals surface area contributed by atoms with Gasteiger partial charge in [-0.3, -0.25) is 9.10 Å². The highest BCUT2D eigenvalue weighted by Gasteiger charge is 2.22. The van der Waals surface area contributed by atoms with Crippen molar-refractivity contribution >= 4 is 21.6 Å². The van der Waals surface area contributed by atoms with Crippen molar-refractivity contribution in [3.63, 3.8) is 0 Å². The molecule has 31 heavy (non-hydrogen) atoms. The number of nitrogens with one attached hydrogen (secondary N) is 1. The molecule has 0 spiro atoms. The predicted octanol–water partition coefficient (Wildman–Crippen LogP) is 3.61. The standard InChI is InChI=1S/C24H33N3O3S/c1-19-16-20(2)18-27(17-19)15-7-14-25-24(28)21-10-12-22(13-11-21)26(3)31(29,30)23-8-5-4-6-9-23/h4-6,8-13,19-20H,7,14-18H2,1-3H3,(H,25,28)/t19-,20-/m0/s1. The third kappa shape index (κ3) is 6.08. The number of nitrogens with zero attached hydrogens (tertiary/aromatic N) is 2. The maximum atomic E-state index is 12.7. The molecule has 1 aliphatic heterocycles. The van der Waals surface area contributed by atoms with Gasteiger partial charge in [0.25, 0.3) is 15.9 Å². The molecule has 0 radical (unpaired) electrons. The molecule has 1 saturated heterocycles. The summed E-state index contributed by atoms with van der Waals surface area (Å²) in [6.45, 7) is 8.50. The Labute approximate surface area is 186 Å². The van der Waals surface area contributed by atoms with Crippen molar-refractivity contribution in [1.29, 1.82) is 0 Å². The quantitative estimate of drug-likeness (QED) is 0.633. The highest BCUT2D eigenvalue weighted by Crippen LogP contribution is 2.22. The van der Waals surface area contributed by atoms with Gasteiger partial charge in [-0.05, 0) is 67.6 Å². The molecule has 0 aliphatic carbocycles. The summed E-state index contributed by atoms with van der Waals surface area (Å²) in [6, 6.07) is 14.9. The van der Waals surface area contributed by atoms with E-state index in [2.05, 4.69) is 24.1 Å². The summed E-state index contributed by atoms with van der Waals surface area (Å²) in [6.07, 6.45) is 2.21. The first-order chi connectivity index (χ1) is 14.8. The molecular weight excluding hydrogens is 410 g/mol. The van der Waals surface area contributed by atoms with Gasteiger partial charge in [-0.15, -0.1) is 0 Å². The molecule has 6 nitrogen and oxygen atoms in total. The van der Waals surface area contributed by atoms with Crippen molar-refractivity contribution in [3.05, 3.63) is 60.2 Å². The molecule has 1 heterocycles. The van der Waals surface area contributed by atoms with Crippen molar-refractivity contribution in [3.8, 4) is 0 Å². The number of hydrogen-bond donors (Lipinski definition) is 1. The van der Waals surface area contributed by atoms with Gasteiger partial charge in [0.1, 0.15) is 0 Å². The topological polar surface area (TPSA) is 69.7 Å². The second-order valence-corrected chi connectivity index (χ2v) is 10.6. The average molecular weight is 444 g/mol. The van der Waals surface area contributed by atoms with Gasteiger partial charge in [0.2, 0.25) is 0 Å². The Morgan fingerprint density at radius 1 is 1.03 bits per heavy atom. The minimum absolute atomic E-state index is 0.138. The minimum atomic E-state index is -3.63. The molecule has 0 aromatic heterocycles. The summed E-state index contributed by atoms with van der Waals surface area (Å²) in [7, 11) is -2.12. The SMILES string of the molecule is C[C@H]1C[C@H](C)CN(CCCNC(=O)c2ccc(N(C)S(=O)(=O)c3ccccc3)cc2)C1. The Morgan fingerprint density at radius 3 is 2.26 bits per heavy atom. The lowest BCUT2D eigenvalue weighted by Crippen LogP contribution is -2.40. The van der Waals surface area contributed by atoms with Crippen molar-refractivity contribution < 1.29 is 13.2 Å². The third-order valence-electron chi connectivity index (χ3n) is 5.78. The lowest BCUT2D eigenvalue weighted by molar-refractivity contribution is 0.0947. The van der Waals surface area contributed by atoms with E-state index >= 15 is 0 Å². The van der Waals surface area contributed by atoms with Crippen LogP contribution in [0.15, 0.2) is 59.5 Å². The molecule has 7 heteroatoms. The average Bonchev–Trinajstić information content (AvgIpc) is 2.76. The molecule has 0 bridgehead atoms. The fourth-order valence-corrected chi connectivity index (χ4v) is 5.51. The van der Waals surface area contributed by atoms with E-state index in [1.807, 2.05) is 0 Å². The van der Waals surface area contributed by atoms with Gasteiger partial charge in [-0.25, -0.2) is 8.42 Å². The van der Waals surface area contributed by atoms with Crippen LogP contribution in [-0.2, 0) is 10.0 Å². The highest BCUT2D eigenvalue weighted by atomic mass is 32.2. The molecule has 168 valence electrons. The number of likely N-dealkylation sites (tertiary alicyclic amines) is 1. The molecule has 0 unspecified atom stereocenters. The van der Waals surface area contributed by atoms with Crippen molar-refractivity contribution in [2.75, 3.05) is 37.5 Å². The Hall–Kier alpha value is -2.38. The van der Waals surface area contributed by atoms with Gasteiger partial charge in [0.15, 0.2) is 0 Å². The zero-order valence-electron chi connectivity index (χ0n) is 18.6. The molecule has 1 aliphatic rings. The number of amides is 1. The molecule has 2 aromatic carbocycles. The van der Waals surface area contributed by atoms with Crippen LogP contribution < -0.4 is 9.62 Å². The van der Waals surface area contributed by atoms with E-state index in [0.29, 0.717) is 17.8 Å². The molecule has 1 N–H and O–H groups in total. The number of sulfonamides is 1. The van der Waals surface area contributed by atoms with Crippen molar-refractivity contribution in [2.24, 2.45) is 11.8 Å². The van der Waals surface area contributed by atoms with Crippen LogP contribution in [0.25, 0.3) is 0 Å². The van der Waals surface area contributed by atoms with Crippen molar-refractivity contribution in [2.45, 2.75) is 31.6 Å². The van der Waals surface area contributed by atoms with Crippen LogP contribution >= 0.6 is 0 Å². The second-order valence-electron chi connectivity index (χ2n) is 8.65. The van der Waals surface area contributed by atoms with E-state index in [0.717, 1.165) is 37.9 Å². The van der Waals surface area contributed by atoms with Gasteiger partial charge in [-0.2, -0.15) is 0 Å². The maximum absolute atomic E-state index is 12.7. The smallest absolute Gasteiger partial charge is 0.264 e. The van der Waals surface area contributed by atoms with E-state index in [9.17, 15) is 13.2 Å². The number of carbonyl (C=O) groups is 1. The van der Waals surface area contributed by atoms with E-state index in [4.69, 9.17) is 0 Å². The van der Waals surface area contributed by atoms with Crippen LogP contribution in [-0.4, -0.2) is 52.5 Å². The van der Waals surface area contributed by atoms with Gasteiger partial charge in [0.05, 0.1) is 10.6 Å². The predicted molar refractivity (Wildman–Crippen MR) is 125 cm³/mol. The zero-order valence-corrected chi connectivity index (χ0v) is 19.4. The minimum Gasteiger partial charge on any atom is -0.352 e. The lowest BCUT2D eigenvalue weighted by atomic mass is 9.92. The lowest BCUT2D eigenvalue weighted by Gasteiger charge is -2.34. The largest absolute Gasteiger partial charge is 0.352 e. The fraction of sp³-hybridized carbons (Fsp3) is 0.458. The monoisotopic (exact) mass is 443 g/mol. The first-order valence-electron chi connectivity index (χ1n) is 10.9. The maximum Gasteiger partial charge on any atom is 0.264 e. The van der Waals surface area contributed by atoms with Crippen LogP contribution in [0.2, 0.25) is 0 Å². The van der Waals surface area contributed by atoms with E-state index in [-0.39, 0.29) is 10.8 Å². The third-order valence-corrected chi connectivity index (χ3v) is 7.58. The summed E-state index contributed by atoms with van der Waals surface area (Å²) in [4.78, 5) is 15.2. The van der Waals surface area contributed by atoms with E-state index in [1.165, 1.54) is 17.8 Å². The fourth-order valence-electron chi connectivity index (χ4n) is 4.29. The Morgan fingerprint density at radius 2 is 1.65 bits per heavy atom. The van der Waals surface area contributed by atoms with Gasteiger partial charge in [-0.1, -0.05) is 32.0 Å². The van der Waals surface area contributed by atoms with Gasteiger partial charge < -0.3 is 10.2 Å². The molecule has 1 amide bonds. The Kier molecular flexibility index (Phi) is 7.73. The number of benzene rings is 2. The number of anilines is 1. The molecule has 2 aromatic rings. The van der Waals surface area contributed by atoms with Gasteiger partial charge >= 0.3 is 0 Å². The summed E-state index contributed by atoms with van der Waals surface area (Å²) >= 11 is 0. The molecule has 2 atom stereocenters. The summed E-state index contributed by atoms with van der Waals surface area (Å²) in [5.74, 6) is 1.34. The van der Waals surface area contributed by atoms with E-state index in [1.54, 1.807) is 54.6 Å². The first-order valence-corrected chi connectivity index (χ1v) is 12.4. The molecular formula is C24H33N3O3S. The molecule has 1 fully saturated rings. The van der Waals surface area contributed by atoms with Crippen molar-refractivity contribution in [1.82, 2.24) is 10.2 Å². The van der Waals surface area contributed by atoms with Gasteiger partial charge in [0, 0.05) is 32.2 Å². The normalized spacial score (nSPS) is 19.7. The highest BCUT2D eigenvalue weighted by molar-refractivity contribution is 7.92. The Bertz CT molecular complexity index is 951. The first kappa shape index (κ1) is 23.3. The summed E-state index contributed by atoms with van der Waals surface area (Å²) in [5.41, 5.74) is 1.03.